The quantitative estimate of drug-likeness (QED) is 0.777. The summed E-state index contributed by atoms with van der Waals surface area (Å²) in [6.45, 7) is 0.727. The monoisotopic (exact) mass is 279 g/mol. The molecule has 3 aromatic heterocycles. The van der Waals surface area contributed by atoms with Crippen LogP contribution in [0.5, 0.6) is 5.75 Å². The van der Waals surface area contributed by atoms with Crippen LogP contribution < -0.4 is 10.1 Å². The number of imidazole rings is 1. The highest BCUT2D eigenvalue weighted by Crippen LogP contribution is 2.37. The summed E-state index contributed by atoms with van der Waals surface area (Å²) in [5.74, 6) is 2.31. The number of hydrogen-bond acceptors (Lipinski definition) is 5. The predicted molar refractivity (Wildman–Crippen MR) is 79.3 cm³/mol. The number of methoxy groups -OCH3 is 1. The summed E-state index contributed by atoms with van der Waals surface area (Å²) in [7, 11) is 1.67. The van der Waals surface area contributed by atoms with E-state index in [1.165, 1.54) is 0 Å². The van der Waals surface area contributed by atoms with E-state index in [9.17, 15) is 0 Å². The van der Waals surface area contributed by atoms with Crippen molar-refractivity contribution in [2.75, 3.05) is 19.0 Å². The highest BCUT2D eigenvalue weighted by molar-refractivity contribution is 5.89. The predicted octanol–water partition coefficient (Wildman–Crippen LogP) is 1.99. The van der Waals surface area contributed by atoms with Gasteiger partial charge in [0.2, 0.25) is 5.78 Å². The van der Waals surface area contributed by atoms with Gasteiger partial charge in [-0.2, -0.15) is 0 Å². The lowest BCUT2D eigenvalue weighted by molar-refractivity contribution is 0.413. The minimum Gasteiger partial charge on any atom is -0.496 e. The first-order chi connectivity index (χ1) is 10.4. The summed E-state index contributed by atoms with van der Waals surface area (Å²) >= 11 is 0. The van der Waals surface area contributed by atoms with Gasteiger partial charge in [0, 0.05) is 43.1 Å². The van der Waals surface area contributed by atoms with Crippen molar-refractivity contribution in [1.29, 1.82) is 0 Å². The number of pyridine rings is 1. The van der Waals surface area contributed by atoms with Crippen LogP contribution in [0.1, 0.15) is 11.1 Å². The zero-order valence-corrected chi connectivity index (χ0v) is 11.4. The van der Waals surface area contributed by atoms with Gasteiger partial charge in [0.25, 0.3) is 0 Å². The van der Waals surface area contributed by atoms with Crippen molar-refractivity contribution in [3.05, 3.63) is 54.3 Å². The molecule has 6 heteroatoms. The lowest BCUT2D eigenvalue weighted by Crippen LogP contribution is -2.12. The van der Waals surface area contributed by atoms with Gasteiger partial charge in [-0.25, -0.2) is 15.0 Å². The maximum atomic E-state index is 5.48. The van der Waals surface area contributed by atoms with E-state index < -0.39 is 0 Å². The van der Waals surface area contributed by atoms with Gasteiger partial charge in [-0.05, 0) is 11.6 Å². The highest BCUT2D eigenvalue weighted by Gasteiger charge is 2.20. The number of nitrogens with zero attached hydrogens (tertiary/aromatic N) is 4. The van der Waals surface area contributed by atoms with Crippen molar-refractivity contribution >= 4 is 17.2 Å². The number of anilines is 1. The molecule has 0 aromatic carbocycles. The van der Waals surface area contributed by atoms with E-state index in [0.29, 0.717) is 5.78 Å². The Morgan fingerprint density at radius 1 is 1.24 bits per heavy atom. The van der Waals surface area contributed by atoms with Gasteiger partial charge in [-0.1, -0.05) is 6.08 Å². The molecule has 0 aliphatic carbocycles. The highest BCUT2D eigenvalue weighted by atomic mass is 16.5. The summed E-state index contributed by atoms with van der Waals surface area (Å²) in [4.78, 5) is 12.9. The molecule has 4 heterocycles. The second-order valence-electron chi connectivity index (χ2n) is 4.71. The number of hydrogen-bond donors (Lipinski definition) is 1. The Hall–Kier alpha value is -2.89. The molecule has 0 radical (unpaired) electrons. The summed E-state index contributed by atoms with van der Waals surface area (Å²) in [5.41, 5.74) is 3.04. The summed E-state index contributed by atoms with van der Waals surface area (Å²) in [6.07, 6.45) is 11.3. The number of rotatable bonds is 2. The lowest BCUT2D eigenvalue weighted by Gasteiger charge is -2.20. The fourth-order valence-electron chi connectivity index (χ4n) is 2.58. The largest absolute Gasteiger partial charge is 0.496 e. The van der Waals surface area contributed by atoms with Gasteiger partial charge in [0.15, 0.2) is 0 Å². The molecule has 0 amide bonds. The molecule has 4 rings (SSSR count). The maximum absolute atomic E-state index is 5.48. The van der Waals surface area contributed by atoms with Crippen molar-refractivity contribution in [1.82, 2.24) is 19.4 Å². The van der Waals surface area contributed by atoms with Gasteiger partial charge in [-0.3, -0.25) is 4.40 Å². The third-order valence-corrected chi connectivity index (χ3v) is 3.53. The van der Waals surface area contributed by atoms with E-state index >= 15 is 0 Å². The van der Waals surface area contributed by atoms with Gasteiger partial charge >= 0.3 is 0 Å². The minimum atomic E-state index is 0.687. The van der Waals surface area contributed by atoms with Crippen molar-refractivity contribution in [2.24, 2.45) is 0 Å². The third kappa shape index (κ3) is 1.84. The molecule has 1 aliphatic rings. The van der Waals surface area contributed by atoms with E-state index in [2.05, 4.69) is 26.3 Å². The van der Waals surface area contributed by atoms with E-state index in [0.717, 1.165) is 34.8 Å². The maximum Gasteiger partial charge on any atom is 0.233 e. The Morgan fingerprint density at radius 3 is 3.10 bits per heavy atom. The lowest BCUT2D eigenvalue weighted by atomic mass is 9.97. The third-order valence-electron chi connectivity index (χ3n) is 3.53. The number of nitrogens with one attached hydrogen (secondary N) is 1. The van der Waals surface area contributed by atoms with Crippen LogP contribution in [0, 0.1) is 0 Å². The molecule has 6 nitrogen and oxygen atoms in total. The van der Waals surface area contributed by atoms with Crippen molar-refractivity contribution in [3.63, 3.8) is 0 Å². The van der Waals surface area contributed by atoms with E-state index in [1.807, 2.05) is 29.1 Å². The van der Waals surface area contributed by atoms with Crippen LogP contribution in [0.3, 0.4) is 0 Å². The fourth-order valence-corrected chi connectivity index (χ4v) is 2.58. The number of aromatic nitrogens is 4. The summed E-state index contributed by atoms with van der Waals surface area (Å²) in [5, 5.41) is 3.26. The Labute approximate surface area is 121 Å². The molecule has 0 saturated heterocycles. The molecule has 0 bridgehead atoms. The average Bonchev–Trinajstić information content (AvgIpc) is 3.01. The minimum absolute atomic E-state index is 0.687. The molecular formula is C15H13N5O. The van der Waals surface area contributed by atoms with Crippen LogP contribution in [0.15, 0.2) is 43.1 Å². The first-order valence-corrected chi connectivity index (χ1v) is 6.63. The van der Waals surface area contributed by atoms with Gasteiger partial charge in [0.05, 0.1) is 12.7 Å². The Kier molecular flexibility index (Phi) is 2.60. The molecule has 104 valence electrons. The van der Waals surface area contributed by atoms with Gasteiger partial charge < -0.3 is 10.1 Å². The summed E-state index contributed by atoms with van der Waals surface area (Å²) in [6, 6.07) is 1.86. The van der Waals surface area contributed by atoms with Crippen molar-refractivity contribution < 1.29 is 4.74 Å². The first kappa shape index (κ1) is 11.9. The molecule has 21 heavy (non-hydrogen) atoms. The molecule has 0 saturated carbocycles. The van der Waals surface area contributed by atoms with Crippen molar-refractivity contribution in [3.8, 4) is 5.75 Å². The van der Waals surface area contributed by atoms with Gasteiger partial charge in [-0.15, -0.1) is 0 Å². The number of ether oxygens (including phenoxy) is 1. The molecule has 1 N–H and O–H groups in total. The average molecular weight is 279 g/mol. The molecule has 0 spiro atoms. The molecule has 0 fully saturated rings. The normalized spacial score (nSPS) is 13.5. The zero-order chi connectivity index (χ0) is 14.2. The Morgan fingerprint density at radius 2 is 2.19 bits per heavy atom. The second kappa shape index (κ2) is 4.59. The standard InChI is InChI=1S/C15H13N5O/c1-21-12-3-5-17-14-13(12)11(2-4-16-14)10-8-19-15-18-6-7-20(15)9-10/h2-3,5-9H,4H2,1H3,(H,16,17). The first-order valence-electron chi connectivity index (χ1n) is 6.63. The molecule has 1 aliphatic heterocycles. The SMILES string of the molecule is COc1ccnc2c1C(c1cnc3nccn3c1)=CCN2. The van der Waals surface area contributed by atoms with Crippen LogP contribution in [0.25, 0.3) is 11.4 Å². The second-order valence-corrected chi connectivity index (χ2v) is 4.71. The van der Waals surface area contributed by atoms with Crippen LogP contribution in [0.4, 0.5) is 5.82 Å². The summed E-state index contributed by atoms with van der Waals surface area (Å²) < 4.78 is 7.38. The smallest absolute Gasteiger partial charge is 0.233 e. The Balaban J connectivity index is 1.91. The van der Waals surface area contributed by atoms with Crippen LogP contribution in [-0.4, -0.2) is 33.0 Å². The molecule has 3 aromatic rings. The molecule has 0 atom stereocenters. The molecule has 0 unspecified atom stereocenters. The van der Waals surface area contributed by atoms with Crippen LogP contribution >= 0.6 is 0 Å². The zero-order valence-electron chi connectivity index (χ0n) is 11.4. The van der Waals surface area contributed by atoms with E-state index in [-0.39, 0.29) is 0 Å². The van der Waals surface area contributed by atoms with Crippen LogP contribution in [-0.2, 0) is 0 Å². The van der Waals surface area contributed by atoms with E-state index in [1.54, 1.807) is 19.5 Å². The van der Waals surface area contributed by atoms with Crippen LogP contribution in [0.2, 0.25) is 0 Å². The topological polar surface area (TPSA) is 64.3 Å². The van der Waals surface area contributed by atoms with Gasteiger partial charge in [0.1, 0.15) is 11.6 Å². The van der Waals surface area contributed by atoms with E-state index in [4.69, 9.17) is 4.74 Å². The molecular weight excluding hydrogens is 266 g/mol. The fraction of sp³-hybridized carbons (Fsp3) is 0.133. The van der Waals surface area contributed by atoms with Crippen molar-refractivity contribution in [2.45, 2.75) is 0 Å². The number of fused-ring (bicyclic) bond motifs is 2. The Bertz CT molecular complexity index is 852.